The summed E-state index contributed by atoms with van der Waals surface area (Å²) in [5.41, 5.74) is 1.08. The normalized spacial score (nSPS) is 18.4. The average Bonchev–Trinajstić information content (AvgIpc) is 2.42. The first kappa shape index (κ1) is 20.8. The van der Waals surface area contributed by atoms with Gasteiger partial charge in [0, 0.05) is 13.1 Å². The summed E-state index contributed by atoms with van der Waals surface area (Å²) in [5.74, 6) is -0.341. The van der Waals surface area contributed by atoms with Crippen molar-refractivity contribution >= 4 is 31.9 Å². The van der Waals surface area contributed by atoms with Gasteiger partial charge in [0.05, 0.1) is 0 Å². The van der Waals surface area contributed by atoms with Crippen LogP contribution in [0.25, 0.3) is 6.08 Å². The number of benzene rings is 1. The summed E-state index contributed by atoms with van der Waals surface area (Å²) in [6.45, 7) is 0.503. The molecule has 0 radical (unpaired) electrons. The van der Waals surface area contributed by atoms with Gasteiger partial charge < -0.3 is 0 Å². The molecule has 11 heteroatoms. The van der Waals surface area contributed by atoms with Crippen LogP contribution in [0.4, 0.5) is 25.2 Å². The van der Waals surface area contributed by atoms with Crippen LogP contribution in [0.3, 0.4) is 0 Å². The van der Waals surface area contributed by atoms with Crippen molar-refractivity contribution in [3.63, 3.8) is 0 Å². The summed E-state index contributed by atoms with van der Waals surface area (Å²) < 4.78 is 60.9. The number of hydrogen-bond acceptors (Lipinski definition) is 2. The standard InChI is InChI=1S/C14H15N2O2.F6P/c1-15-13(17)10-16(11-14(15)18)9-5-8-12-6-3-2-4-7-12;1-7(2,3,4,5)6/h2-9H,10-11H2,1H3;/q+1;-1/b8-5+;. The van der Waals surface area contributed by atoms with Gasteiger partial charge in [-0.05, 0) is 11.6 Å². The molecule has 0 atom stereocenters. The molecule has 1 aromatic carbocycles. The van der Waals surface area contributed by atoms with E-state index in [1.165, 1.54) is 11.9 Å². The molecule has 0 N–H and O–H groups in total. The zero-order valence-corrected chi connectivity index (χ0v) is 13.9. The van der Waals surface area contributed by atoms with Crippen LogP contribution in [-0.4, -0.2) is 47.6 Å². The molecule has 2 rings (SSSR count). The summed E-state index contributed by atoms with van der Waals surface area (Å²) >= 11 is 0. The second-order valence-corrected chi connectivity index (χ2v) is 7.05. The topological polar surface area (TPSA) is 40.4 Å². The number of hydrogen-bond donors (Lipinski definition) is 0. The van der Waals surface area contributed by atoms with Crippen LogP contribution in [-0.2, 0) is 9.59 Å². The predicted molar refractivity (Wildman–Crippen MR) is 82.9 cm³/mol. The van der Waals surface area contributed by atoms with Gasteiger partial charge in [0.2, 0.25) is 13.1 Å². The maximum absolute atomic E-state index is 11.5. The van der Waals surface area contributed by atoms with Crippen molar-refractivity contribution in [2.75, 3.05) is 20.1 Å². The fourth-order valence-electron chi connectivity index (χ4n) is 1.70. The number of piperazine rings is 1. The zero-order chi connectivity index (χ0) is 19.4. The molecule has 140 valence electrons. The summed E-state index contributed by atoms with van der Waals surface area (Å²) in [4.78, 5) is 24.1. The van der Waals surface area contributed by atoms with E-state index in [1.807, 2.05) is 42.5 Å². The van der Waals surface area contributed by atoms with Crippen molar-refractivity contribution in [1.82, 2.24) is 4.90 Å². The second-order valence-electron chi connectivity index (χ2n) is 5.13. The SMILES string of the molecule is CN1C(=O)C[N+](=C/C=C/c2ccccc2)CC1=O.F[P-](F)(F)(F)(F)F. The second kappa shape index (κ2) is 6.59. The molecule has 4 nitrogen and oxygen atoms in total. The third kappa shape index (κ3) is 11.0. The third-order valence-electron chi connectivity index (χ3n) is 2.81. The number of carbonyl (C=O) groups is 2. The molecular formula is C14H15F6N2O2P. The van der Waals surface area contributed by atoms with Crippen molar-refractivity contribution in [3.8, 4) is 0 Å². The number of amides is 2. The first-order valence-electron chi connectivity index (χ1n) is 6.78. The van der Waals surface area contributed by atoms with Crippen LogP contribution in [0.5, 0.6) is 0 Å². The number of rotatable bonds is 2. The first-order valence-corrected chi connectivity index (χ1v) is 8.81. The number of imide groups is 1. The van der Waals surface area contributed by atoms with Crippen LogP contribution in [0.1, 0.15) is 5.56 Å². The Bertz CT molecular complexity index is 682. The average molecular weight is 388 g/mol. The molecule has 0 aromatic heterocycles. The summed E-state index contributed by atoms with van der Waals surface area (Å²) in [5, 5.41) is 0. The minimum absolute atomic E-state index is 0.171. The van der Waals surface area contributed by atoms with Crippen molar-refractivity contribution in [2.45, 2.75) is 0 Å². The molecule has 1 saturated heterocycles. The van der Waals surface area contributed by atoms with E-state index in [2.05, 4.69) is 0 Å². The summed E-state index contributed by atoms with van der Waals surface area (Å²) in [7, 11) is -9.14. The van der Waals surface area contributed by atoms with E-state index < -0.39 is 7.81 Å². The first-order chi connectivity index (χ1) is 11.1. The van der Waals surface area contributed by atoms with Crippen LogP contribution in [0.15, 0.2) is 36.4 Å². The van der Waals surface area contributed by atoms with Gasteiger partial charge in [0.25, 0.3) is 11.8 Å². The Morgan fingerprint density at radius 2 is 1.40 bits per heavy atom. The van der Waals surface area contributed by atoms with Crippen LogP contribution in [0.2, 0.25) is 0 Å². The zero-order valence-electron chi connectivity index (χ0n) is 13.0. The number of allylic oxidation sites excluding steroid dienone is 1. The monoisotopic (exact) mass is 388 g/mol. The van der Waals surface area contributed by atoms with Gasteiger partial charge in [-0.25, -0.2) is 4.58 Å². The Balaban J connectivity index is 0.000000381. The van der Waals surface area contributed by atoms with E-state index in [4.69, 9.17) is 0 Å². The van der Waals surface area contributed by atoms with Gasteiger partial charge in [-0.3, -0.25) is 14.5 Å². The number of nitrogens with zero attached hydrogens (tertiary/aromatic N) is 2. The van der Waals surface area contributed by atoms with Crippen molar-refractivity contribution in [3.05, 3.63) is 42.0 Å². The van der Waals surface area contributed by atoms with E-state index in [9.17, 15) is 34.8 Å². The summed E-state index contributed by atoms with van der Waals surface area (Å²) in [6.07, 6.45) is 5.56. The molecule has 0 saturated carbocycles. The van der Waals surface area contributed by atoms with Crippen molar-refractivity contribution in [1.29, 1.82) is 0 Å². The molecule has 1 aliphatic rings. The van der Waals surface area contributed by atoms with Gasteiger partial charge in [0.1, 0.15) is 0 Å². The minimum atomic E-state index is -10.7. The quantitative estimate of drug-likeness (QED) is 0.330. The Kier molecular flexibility index (Phi) is 5.49. The van der Waals surface area contributed by atoms with E-state index in [0.717, 1.165) is 5.56 Å². The molecule has 2 amide bonds. The van der Waals surface area contributed by atoms with E-state index in [0.29, 0.717) is 0 Å². The Labute approximate surface area is 139 Å². The van der Waals surface area contributed by atoms with Gasteiger partial charge >= 0.3 is 33.0 Å². The van der Waals surface area contributed by atoms with E-state index >= 15 is 0 Å². The molecule has 1 aromatic rings. The molecule has 0 spiro atoms. The van der Waals surface area contributed by atoms with Crippen LogP contribution in [0, 0.1) is 0 Å². The summed E-state index contributed by atoms with van der Waals surface area (Å²) in [6, 6.07) is 9.86. The van der Waals surface area contributed by atoms with Gasteiger partial charge in [-0.2, -0.15) is 0 Å². The predicted octanol–water partition coefficient (Wildman–Crippen LogP) is 4.16. The molecule has 0 bridgehead atoms. The van der Waals surface area contributed by atoms with Crippen LogP contribution >= 0.6 is 7.81 Å². The van der Waals surface area contributed by atoms with Gasteiger partial charge in [-0.15, -0.1) is 0 Å². The molecule has 0 aliphatic carbocycles. The Morgan fingerprint density at radius 1 is 0.960 bits per heavy atom. The number of halogens is 6. The fraction of sp³-hybridized carbons (Fsp3) is 0.214. The molecule has 1 fully saturated rings. The van der Waals surface area contributed by atoms with Crippen LogP contribution < -0.4 is 0 Å². The molecule has 1 aliphatic heterocycles. The van der Waals surface area contributed by atoms with E-state index in [1.54, 1.807) is 10.8 Å². The maximum atomic E-state index is 11.5. The molecule has 1 heterocycles. The van der Waals surface area contributed by atoms with Gasteiger partial charge in [-0.1, -0.05) is 30.3 Å². The van der Waals surface area contributed by atoms with Crippen molar-refractivity contribution in [2.24, 2.45) is 0 Å². The molecule has 0 unspecified atom stereocenters. The molecule has 25 heavy (non-hydrogen) atoms. The Morgan fingerprint density at radius 3 is 1.84 bits per heavy atom. The number of likely N-dealkylation sites (N-methyl/N-ethyl adjacent to an activating group) is 1. The Hall–Kier alpha value is -2.22. The van der Waals surface area contributed by atoms with Crippen molar-refractivity contribution < 1.29 is 39.3 Å². The van der Waals surface area contributed by atoms with Gasteiger partial charge in [0.15, 0.2) is 6.21 Å². The number of carbonyl (C=O) groups excluding carboxylic acids is 2. The van der Waals surface area contributed by atoms with E-state index in [-0.39, 0.29) is 24.9 Å². The fourth-order valence-corrected chi connectivity index (χ4v) is 1.70. The third-order valence-corrected chi connectivity index (χ3v) is 2.81. The molecular weight excluding hydrogens is 373 g/mol.